The first-order valence-electron chi connectivity index (χ1n) is 8.25. The van der Waals surface area contributed by atoms with E-state index in [9.17, 15) is 19.5 Å². The smallest absolute Gasteiger partial charge is 0.408 e. The number of fused-ring (bicyclic) bond motifs is 1. The molecule has 1 saturated heterocycles. The molecular formula is C17H15Cl3N2O6S. The summed E-state index contributed by atoms with van der Waals surface area (Å²) in [4.78, 5) is 37.8. The Morgan fingerprint density at radius 3 is 2.59 bits per heavy atom. The van der Waals surface area contributed by atoms with E-state index in [0.29, 0.717) is 0 Å². The van der Waals surface area contributed by atoms with Crippen LogP contribution < -0.4 is 5.32 Å². The zero-order chi connectivity index (χ0) is 21.2. The highest BCUT2D eigenvalue weighted by atomic mass is 35.6. The van der Waals surface area contributed by atoms with Crippen LogP contribution in [0.25, 0.3) is 0 Å². The summed E-state index contributed by atoms with van der Waals surface area (Å²) in [7, 11) is 0. The van der Waals surface area contributed by atoms with Gasteiger partial charge in [0, 0.05) is 0 Å². The fourth-order valence-electron chi connectivity index (χ4n) is 2.70. The monoisotopic (exact) mass is 480 g/mol. The number of benzene rings is 1. The summed E-state index contributed by atoms with van der Waals surface area (Å²) in [5.74, 6) is -1.88. The predicted molar refractivity (Wildman–Crippen MR) is 108 cm³/mol. The number of rotatable bonds is 5. The van der Waals surface area contributed by atoms with Crippen molar-refractivity contribution in [3.05, 3.63) is 47.4 Å². The van der Waals surface area contributed by atoms with Crippen LogP contribution in [0.3, 0.4) is 0 Å². The van der Waals surface area contributed by atoms with E-state index in [2.05, 4.69) is 5.32 Å². The zero-order valence-corrected chi connectivity index (χ0v) is 17.7. The molecule has 1 unspecified atom stereocenters. The quantitative estimate of drug-likeness (QED) is 0.378. The Morgan fingerprint density at radius 1 is 1.24 bits per heavy atom. The van der Waals surface area contributed by atoms with Gasteiger partial charge >= 0.3 is 12.1 Å². The maximum Gasteiger partial charge on any atom is 0.408 e. The topological polar surface area (TPSA) is 105 Å². The molecule has 2 heterocycles. The zero-order valence-electron chi connectivity index (χ0n) is 14.6. The summed E-state index contributed by atoms with van der Waals surface area (Å²) in [5, 5.41) is 11.9. The minimum Gasteiger partial charge on any atom is -0.509 e. The van der Waals surface area contributed by atoms with Gasteiger partial charge in [-0.1, -0.05) is 65.1 Å². The van der Waals surface area contributed by atoms with Crippen molar-refractivity contribution in [2.45, 2.75) is 21.8 Å². The number of amides is 2. The van der Waals surface area contributed by atoms with Crippen molar-refractivity contribution in [1.29, 1.82) is 0 Å². The Hall–Kier alpha value is -1.81. The molecule has 2 amide bonds. The number of hydrogen-bond acceptors (Lipinski definition) is 7. The second kappa shape index (κ2) is 8.91. The molecule has 2 N–H and O–H groups in total. The molecule has 0 aliphatic carbocycles. The van der Waals surface area contributed by atoms with Crippen LogP contribution >= 0.6 is 46.6 Å². The molecule has 0 spiro atoms. The van der Waals surface area contributed by atoms with Gasteiger partial charge in [0.1, 0.15) is 30.4 Å². The van der Waals surface area contributed by atoms with Gasteiger partial charge in [-0.25, -0.2) is 9.59 Å². The Balaban J connectivity index is 1.59. The average molecular weight is 482 g/mol. The van der Waals surface area contributed by atoms with Gasteiger partial charge in [-0.2, -0.15) is 0 Å². The van der Waals surface area contributed by atoms with Crippen LogP contribution in [-0.2, 0) is 25.7 Å². The standard InChI is InChI=1S/C17H15Cl3N2O6S/c18-17(19,20)8-28-15(25)12-10(23)7-29-14-11(13(24)22(12)14)21-16(26)27-6-9-4-2-1-3-5-9/h1-5,11,14,23H,6-8H2,(H,21,26)/t11?,14-/m1/s1. The molecular weight excluding hydrogens is 467 g/mol. The second-order valence-corrected chi connectivity index (χ2v) is 9.70. The summed E-state index contributed by atoms with van der Waals surface area (Å²) in [6.45, 7) is -0.509. The van der Waals surface area contributed by atoms with E-state index in [4.69, 9.17) is 44.3 Å². The van der Waals surface area contributed by atoms with E-state index >= 15 is 0 Å². The molecule has 2 atom stereocenters. The average Bonchev–Trinajstić information content (AvgIpc) is 2.68. The van der Waals surface area contributed by atoms with Crippen LogP contribution in [0, 0.1) is 0 Å². The molecule has 0 bridgehead atoms. The number of aliphatic hydroxyl groups excluding tert-OH is 1. The predicted octanol–water partition coefficient (Wildman–Crippen LogP) is 2.88. The molecule has 0 saturated carbocycles. The Bertz CT molecular complexity index is 845. The highest BCUT2D eigenvalue weighted by Crippen LogP contribution is 2.40. The number of aliphatic hydroxyl groups is 1. The number of carbonyl (C=O) groups excluding carboxylic acids is 3. The van der Waals surface area contributed by atoms with Gasteiger partial charge in [0.05, 0.1) is 5.75 Å². The van der Waals surface area contributed by atoms with Crippen molar-refractivity contribution in [3.63, 3.8) is 0 Å². The van der Waals surface area contributed by atoms with Crippen molar-refractivity contribution in [1.82, 2.24) is 10.2 Å². The number of β-lactam (4-membered cyclic amide) rings is 1. The minimum atomic E-state index is -1.83. The van der Waals surface area contributed by atoms with Crippen LogP contribution in [0.4, 0.5) is 4.79 Å². The Kier molecular flexibility index (Phi) is 6.72. The van der Waals surface area contributed by atoms with E-state index in [1.165, 1.54) is 11.8 Å². The molecule has 156 valence electrons. The number of nitrogens with zero attached hydrogens (tertiary/aromatic N) is 1. The first-order valence-corrected chi connectivity index (χ1v) is 10.4. The van der Waals surface area contributed by atoms with E-state index in [-0.39, 0.29) is 23.8 Å². The molecule has 12 heteroatoms. The van der Waals surface area contributed by atoms with Gasteiger partial charge in [-0.15, -0.1) is 11.8 Å². The van der Waals surface area contributed by atoms with Crippen LogP contribution in [0.2, 0.25) is 0 Å². The lowest BCUT2D eigenvalue weighted by atomic mass is 10.1. The highest BCUT2D eigenvalue weighted by molar-refractivity contribution is 8.00. The molecule has 2 aliphatic rings. The molecule has 1 fully saturated rings. The molecule has 0 aromatic heterocycles. The summed E-state index contributed by atoms with van der Waals surface area (Å²) < 4.78 is 8.13. The van der Waals surface area contributed by atoms with E-state index < -0.39 is 39.8 Å². The van der Waals surface area contributed by atoms with Crippen molar-refractivity contribution >= 4 is 64.5 Å². The number of esters is 1. The molecule has 0 radical (unpaired) electrons. The molecule has 8 nitrogen and oxygen atoms in total. The number of alkyl carbamates (subject to hydrolysis) is 1. The second-order valence-electron chi connectivity index (χ2n) is 6.08. The van der Waals surface area contributed by atoms with Crippen molar-refractivity contribution in [2.24, 2.45) is 0 Å². The number of nitrogens with one attached hydrogen (secondary N) is 1. The molecule has 1 aromatic rings. The summed E-state index contributed by atoms with van der Waals surface area (Å²) in [5.41, 5.74) is 0.465. The van der Waals surface area contributed by atoms with Crippen LogP contribution in [-0.4, -0.2) is 55.5 Å². The third kappa shape index (κ3) is 5.22. The number of carbonyl (C=O) groups is 3. The van der Waals surface area contributed by atoms with Gasteiger partial charge < -0.3 is 19.9 Å². The number of hydrogen-bond donors (Lipinski definition) is 2. The lowest BCUT2D eigenvalue weighted by Crippen LogP contribution is -2.70. The van der Waals surface area contributed by atoms with E-state index in [1.807, 2.05) is 18.2 Å². The minimum absolute atomic E-state index is 0.0455. The van der Waals surface area contributed by atoms with Crippen LogP contribution in [0.5, 0.6) is 0 Å². The van der Waals surface area contributed by atoms with Crippen LogP contribution in [0.15, 0.2) is 41.8 Å². The van der Waals surface area contributed by atoms with E-state index in [1.54, 1.807) is 12.1 Å². The third-order valence-corrected chi connectivity index (χ3v) is 5.59. The summed E-state index contributed by atoms with van der Waals surface area (Å²) >= 11 is 17.8. The molecule has 1 aromatic carbocycles. The van der Waals surface area contributed by atoms with Gasteiger partial charge in [0.2, 0.25) is 3.79 Å². The largest absolute Gasteiger partial charge is 0.509 e. The molecule has 29 heavy (non-hydrogen) atoms. The van der Waals surface area contributed by atoms with Gasteiger partial charge in [-0.05, 0) is 5.56 Å². The number of ether oxygens (including phenoxy) is 2. The fourth-order valence-corrected chi connectivity index (χ4v) is 4.07. The SMILES string of the molecule is O=C(NC1C(=O)N2C(C(=O)OCC(Cl)(Cl)Cl)=C(O)CS[C@H]12)OCc1ccccc1. The van der Waals surface area contributed by atoms with Crippen molar-refractivity contribution in [3.8, 4) is 0 Å². The normalized spacial score (nSPS) is 21.2. The molecule has 2 aliphatic heterocycles. The van der Waals surface area contributed by atoms with Gasteiger partial charge in [0.15, 0.2) is 5.70 Å². The maximum atomic E-state index is 12.5. The van der Waals surface area contributed by atoms with Crippen molar-refractivity contribution in [2.75, 3.05) is 12.4 Å². The lowest BCUT2D eigenvalue weighted by Gasteiger charge is -2.48. The number of thioether (sulfide) groups is 1. The van der Waals surface area contributed by atoms with E-state index in [0.717, 1.165) is 10.5 Å². The van der Waals surface area contributed by atoms with Crippen LogP contribution in [0.1, 0.15) is 5.56 Å². The fraction of sp³-hybridized carbons (Fsp3) is 0.353. The van der Waals surface area contributed by atoms with Gasteiger partial charge in [-0.3, -0.25) is 9.69 Å². The number of alkyl halides is 3. The summed E-state index contributed by atoms with van der Waals surface area (Å²) in [6.07, 6.45) is -0.772. The lowest BCUT2D eigenvalue weighted by molar-refractivity contribution is -0.152. The Morgan fingerprint density at radius 2 is 1.93 bits per heavy atom. The summed E-state index contributed by atoms with van der Waals surface area (Å²) in [6, 6.07) is 8.14. The first kappa shape index (κ1) is 21.9. The third-order valence-electron chi connectivity index (χ3n) is 3.99. The first-order chi connectivity index (χ1) is 13.7. The highest BCUT2D eigenvalue weighted by Gasteiger charge is 2.55. The molecule has 3 rings (SSSR count). The number of halogens is 3. The Labute approximate surface area is 185 Å². The van der Waals surface area contributed by atoms with Gasteiger partial charge in [0.25, 0.3) is 5.91 Å². The van der Waals surface area contributed by atoms with Crippen molar-refractivity contribution < 1.29 is 29.0 Å². The maximum absolute atomic E-state index is 12.5.